The van der Waals surface area contributed by atoms with E-state index in [2.05, 4.69) is 16.0 Å². The lowest BCUT2D eigenvalue weighted by Gasteiger charge is -2.24. The number of carbonyl (C=O) groups excluding carboxylic acids is 3. The quantitative estimate of drug-likeness (QED) is 0.128. The second kappa shape index (κ2) is 12.5. The highest BCUT2D eigenvalue weighted by molar-refractivity contribution is 8.01. The molecule has 0 saturated carbocycles. The number of amides is 1. The van der Waals surface area contributed by atoms with Crippen LogP contribution in [-0.4, -0.2) is 93.6 Å². The van der Waals surface area contributed by atoms with Gasteiger partial charge >= 0.3 is 23.9 Å². The molecule has 1 amide bonds. The Morgan fingerprint density at radius 1 is 1.00 bits per heavy atom. The van der Waals surface area contributed by atoms with Crippen molar-refractivity contribution < 1.29 is 52.1 Å². The number of thioether (sulfide) groups is 1. The molecule has 1 aromatic carbocycles. The number of nitrogens with one attached hydrogen (secondary N) is 3. The van der Waals surface area contributed by atoms with Crippen LogP contribution in [0, 0.1) is 0 Å². The zero-order valence-electron chi connectivity index (χ0n) is 23.2. The monoisotopic (exact) mass is 630 g/mol. The van der Waals surface area contributed by atoms with E-state index >= 15 is 0 Å². The highest BCUT2D eigenvalue weighted by Crippen LogP contribution is 2.40. The van der Waals surface area contributed by atoms with Gasteiger partial charge in [-0.25, -0.2) is 13.2 Å². The number of ether oxygens (including phenoxy) is 2. The van der Waals surface area contributed by atoms with Crippen LogP contribution in [0.2, 0.25) is 0 Å². The number of aliphatic carboxylic acids is 2. The summed E-state index contributed by atoms with van der Waals surface area (Å²) in [4.78, 5) is 61.4. The molecule has 2 fully saturated rings. The van der Waals surface area contributed by atoms with Crippen LogP contribution >= 0.6 is 11.8 Å². The highest BCUT2D eigenvalue weighted by atomic mass is 32.2. The first kappa shape index (κ1) is 33.3. The molecule has 2 saturated heterocycles. The van der Waals surface area contributed by atoms with Gasteiger partial charge in [-0.3, -0.25) is 29.8 Å². The van der Waals surface area contributed by atoms with Gasteiger partial charge in [0.15, 0.2) is 15.9 Å². The number of hydrogen-bond acceptors (Lipinski definition) is 13. The largest absolute Gasteiger partial charge is 0.481 e. The Morgan fingerprint density at radius 2 is 1.57 bits per heavy atom. The molecule has 7 N–H and O–H groups in total. The lowest BCUT2D eigenvalue weighted by Crippen LogP contribution is -2.55. The van der Waals surface area contributed by atoms with E-state index in [1.165, 1.54) is 13.8 Å². The number of nitrogens with two attached hydrogens (primary N) is 1. The molecule has 15 nitrogen and oxygen atoms in total. The van der Waals surface area contributed by atoms with Gasteiger partial charge in [0.05, 0.1) is 16.5 Å². The summed E-state index contributed by atoms with van der Waals surface area (Å²) in [6.45, 7) is 4.92. The van der Waals surface area contributed by atoms with Gasteiger partial charge in [0.1, 0.15) is 23.5 Å². The summed E-state index contributed by atoms with van der Waals surface area (Å²) in [5.41, 5.74) is 6.47. The second-order valence-corrected chi connectivity index (χ2v) is 15.3. The molecule has 2 aliphatic rings. The fraction of sp³-hybridized carbons (Fsp3) is 0.560. The molecule has 0 radical (unpaired) electrons. The van der Waals surface area contributed by atoms with Gasteiger partial charge in [0.25, 0.3) is 0 Å². The molecule has 1 aromatic rings. The Morgan fingerprint density at radius 3 is 2.12 bits per heavy atom. The van der Waals surface area contributed by atoms with Crippen LogP contribution in [-0.2, 0) is 43.3 Å². The van der Waals surface area contributed by atoms with E-state index in [9.17, 15) is 37.5 Å². The Kier molecular flexibility index (Phi) is 9.93. The van der Waals surface area contributed by atoms with Crippen LogP contribution in [0.1, 0.15) is 45.7 Å². The van der Waals surface area contributed by atoms with Gasteiger partial charge < -0.3 is 30.7 Å². The first-order valence-electron chi connectivity index (χ1n) is 12.7. The van der Waals surface area contributed by atoms with E-state index in [1.54, 1.807) is 44.2 Å². The van der Waals surface area contributed by atoms with Gasteiger partial charge in [-0.05, 0) is 33.3 Å². The van der Waals surface area contributed by atoms with Crippen LogP contribution in [0.5, 0.6) is 0 Å². The zero-order chi connectivity index (χ0) is 31.6. The number of rotatable bonds is 11. The maximum absolute atomic E-state index is 12.9. The Labute approximate surface area is 246 Å². The third-order valence-electron chi connectivity index (χ3n) is 7.15. The summed E-state index contributed by atoms with van der Waals surface area (Å²) < 4.78 is 32.8. The van der Waals surface area contributed by atoms with E-state index in [-0.39, 0.29) is 0 Å². The molecular weight excluding hydrogens is 596 g/mol. The number of esters is 2. The summed E-state index contributed by atoms with van der Waals surface area (Å²) in [5.74, 6) is -5.44. The molecular formula is C25H34N4O11S2. The predicted octanol–water partition coefficient (Wildman–Crippen LogP) is -0.925. The van der Waals surface area contributed by atoms with Gasteiger partial charge in [-0.15, -0.1) is 11.8 Å². The van der Waals surface area contributed by atoms with Gasteiger partial charge in [0, 0.05) is 4.75 Å². The minimum atomic E-state index is -4.07. The van der Waals surface area contributed by atoms with Gasteiger partial charge in [0.2, 0.25) is 12.7 Å². The van der Waals surface area contributed by atoms with Gasteiger partial charge in [-0.1, -0.05) is 30.3 Å². The third kappa shape index (κ3) is 6.86. The molecule has 0 spiro atoms. The van der Waals surface area contributed by atoms with E-state index in [1.807, 2.05) is 0 Å². The molecule has 17 heteroatoms. The number of carboxylic acids is 2. The molecule has 6 atom stereocenters. The van der Waals surface area contributed by atoms with E-state index in [0.29, 0.717) is 5.56 Å². The highest BCUT2D eigenvalue weighted by Gasteiger charge is 2.58. The molecule has 3 rings (SSSR count). The van der Waals surface area contributed by atoms with Crippen LogP contribution in [0.3, 0.4) is 0 Å². The van der Waals surface area contributed by atoms with E-state index in [4.69, 9.17) is 20.3 Å². The van der Waals surface area contributed by atoms with Crippen LogP contribution < -0.4 is 21.7 Å². The van der Waals surface area contributed by atoms with Gasteiger partial charge in [-0.2, -0.15) is 0 Å². The average Bonchev–Trinajstić information content (AvgIpc) is 3.31. The molecule has 0 aromatic heterocycles. The third-order valence-corrected chi connectivity index (χ3v) is 11.4. The molecule has 2 aliphatic heterocycles. The molecule has 3 unspecified atom stereocenters. The van der Waals surface area contributed by atoms with Crippen LogP contribution in [0.25, 0.3) is 0 Å². The summed E-state index contributed by atoms with van der Waals surface area (Å²) in [7, 11) is -4.07. The van der Waals surface area contributed by atoms with Crippen molar-refractivity contribution in [2.45, 2.75) is 78.5 Å². The summed E-state index contributed by atoms with van der Waals surface area (Å²) in [5, 5.41) is 24.1. The SMILES string of the molecule is CC1(C)SC(C(NC(=O)[C@H](N)c2ccccc2)C(=O)O)NC1C(=O)OCOC(=O)[C@@H]1N[C@@H](CC(=O)O)S(=O)(=O)C1(C)C. The Bertz CT molecular complexity index is 1340. The topological polar surface area (TPSA) is 241 Å². The number of sulfone groups is 1. The number of benzene rings is 1. The molecule has 2 heterocycles. The smallest absolute Gasteiger partial charge is 0.328 e. The first-order chi connectivity index (χ1) is 19.4. The summed E-state index contributed by atoms with van der Waals surface area (Å²) >= 11 is 1.07. The van der Waals surface area contributed by atoms with Crippen molar-refractivity contribution in [2.24, 2.45) is 5.73 Å². The lowest BCUT2D eigenvalue weighted by molar-refractivity contribution is -0.170. The molecule has 42 heavy (non-hydrogen) atoms. The van der Waals surface area contributed by atoms with E-state index < -0.39 is 97.2 Å². The van der Waals surface area contributed by atoms with Crippen molar-refractivity contribution in [1.82, 2.24) is 16.0 Å². The summed E-state index contributed by atoms with van der Waals surface area (Å²) in [6.07, 6.45) is -0.762. The fourth-order valence-corrected chi connectivity index (χ4v) is 8.01. The molecule has 0 bridgehead atoms. The lowest BCUT2D eigenvalue weighted by atomic mass is 10.0. The fourth-order valence-electron chi connectivity index (χ4n) is 4.63. The number of carbonyl (C=O) groups is 5. The average molecular weight is 631 g/mol. The van der Waals surface area contributed by atoms with Crippen LogP contribution in [0.15, 0.2) is 30.3 Å². The standard InChI is InChI=1S/C25H34N4O11S2/c1-24(2)17(29-20(41-24)16(21(33)34)28-19(32)15(26)12-8-6-5-7-9-12)22(35)39-11-40-23(36)18-25(3,4)42(37,38)13(27-18)10-14(30)31/h5-9,13,15-18,20,27,29H,10-11,26H2,1-4H3,(H,28,32)(H,30,31)(H,33,34)/t13-,15-,16?,17?,18+,20?/m1/s1. The van der Waals surface area contributed by atoms with Crippen molar-refractivity contribution in [3.8, 4) is 0 Å². The van der Waals surface area contributed by atoms with Crippen molar-refractivity contribution >= 4 is 51.4 Å². The van der Waals surface area contributed by atoms with Crippen molar-refractivity contribution in [3.63, 3.8) is 0 Å². The Balaban J connectivity index is 1.60. The molecule has 0 aliphatic carbocycles. The number of hydrogen-bond donors (Lipinski definition) is 6. The van der Waals surface area contributed by atoms with Crippen LogP contribution in [0.4, 0.5) is 0 Å². The van der Waals surface area contributed by atoms with Crippen molar-refractivity contribution in [3.05, 3.63) is 35.9 Å². The minimum absolute atomic E-state index is 0.480. The zero-order valence-corrected chi connectivity index (χ0v) is 24.9. The maximum atomic E-state index is 12.9. The van der Waals surface area contributed by atoms with E-state index in [0.717, 1.165) is 11.8 Å². The second-order valence-electron chi connectivity index (χ2n) is 10.8. The molecule has 232 valence electrons. The maximum Gasteiger partial charge on any atom is 0.328 e. The van der Waals surface area contributed by atoms with Crippen molar-refractivity contribution in [1.29, 1.82) is 0 Å². The summed E-state index contributed by atoms with van der Waals surface area (Å²) in [6, 6.07) is 3.26. The predicted molar refractivity (Wildman–Crippen MR) is 148 cm³/mol. The Hall–Kier alpha value is -3.25. The number of carboxylic acid groups (broad SMARTS) is 2. The minimum Gasteiger partial charge on any atom is -0.481 e. The normalized spacial score (nSPS) is 26.9. The first-order valence-corrected chi connectivity index (χ1v) is 15.1. The van der Waals surface area contributed by atoms with Crippen molar-refractivity contribution in [2.75, 3.05) is 6.79 Å².